The van der Waals surface area contributed by atoms with Crippen LogP contribution in [-0.2, 0) is 7.05 Å². The number of nitrogens with zero attached hydrogens (tertiary/aromatic N) is 3. The van der Waals surface area contributed by atoms with Crippen LogP contribution in [0.25, 0.3) is 10.7 Å². The molecular weight excluding hydrogens is 208 g/mol. The molecule has 0 aliphatic heterocycles. The van der Waals surface area contributed by atoms with Gasteiger partial charge in [0.1, 0.15) is 0 Å². The Kier molecular flexibility index (Phi) is 2.48. The minimum absolute atomic E-state index is 0.339. The van der Waals surface area contributed by atoms with Crippen molar-refractivity contribution in [1.82, 2.24) is 14.8 Å². The van der Waals surface area contributed by atoms with E-state index < -0.39 is 0 Å². The van der Waals surface area contributed by atoms with E-state index in [2.05, 4.69) is 23.9 Å². The van der Waals surface area contributed by atoms with Gasteiger partial charge in [0.15, 0.2) is 11.6 Å². The van der Waals surface area contributed by atoms with E-state index in [-0.39, 0.29) is 0 Å². The first-order chi connectivity index (χ1) is 7.09. The zero-order valence-electron chi connectivity index (χ0n) is 9.06. The number of rotatable bonds is 2. The molecule has 0 saturated carbocycles. The maximum atomic E-state index is 5.86. The molecule has 2 rings (SSSR count). The normalized spacial score (nSPS) is 11.2. The highest BCUT2D eigenvalue weighted by atomic mass is 32.1. The number of aryl methyl sites for hydroxylation is 1. The van der Waals surface area contributed by atoms with Gasteiger partial charge in [-0.2, -0.15) is 5.10 Å². The van der Waals surface area contributed by atoms with Gasteiger partial charge in [0.2, 0.25) is 0 Å². The standard InChI is InChI=1S/C10H14N4S/c1-6(2)9-12-10(14(3)13-9)8-7(11)4-5-15-8/h4-6H,11H2,1-3H3. The van der Waals surface area contributed by atoms with Gasteiger partial charge >= 0.3 is 0 Å². The van der Waals surface area contributed by atoms with Crippen molar-refractivity contribution in [2.24, 2.45) is 7.05 Å². The summed E-state index contributed by atoms with van der Waals surface area (Å²) in [6, 6.07) is 1.89. The minimum Gasteiger partial charge on any atom is -0.397 e. The molecular formula is C10H14N4S. The molecule has 0 spiro atoms. The number of hydrogen-bond donors (Lipinski definition) is 1. The van der Waals surface area contributed by atoms with Crippen molar-refractivity contribution in [2.75, 3.05) is 5.73 Å². The molecule has 0 aromatic carbocycles. The lowest BCUT2D eigenvalue weighted by Gasteiger charge is -1.96. The van der Waals surface area contributed by atoms with Gasteiger partial charge in [-0.25, -0.2) is 9.67 Å². The number of hydrogen-bond acceptors (Lipinski definition) is 4. The van der Waals surface area contributed by atoms with E-state index in [1.54, 1.807) is 16.0 Å². The smallest absolute Gasteiger partial charge is 0.170 e. The summed E-state index contributed by atoms with van der Waals surface area (Å²) in [7, 11) is 1.90. The third-order valence-corrected chi connectivity index (χ3v) is 3.12. The molecule has 80 valence electrons. The van der Waals surface area contributed by atoms with Crippen molar-refractivity contribution >= 4 is 17.0 Å². The summed E-state index contributed by atoms with van der Waals surface area (Å²) in [6.45, 7) is 4.16. The quantitative estimate of drug-likeness (QED) is 0.847. The van der Waals surface area contributed by atoms with Crippen molar-refractivity contribution < 1.29 is 0 Å². The summed E-state index contributed by atoms with van der Waals surface area (Å²) in [5.41, 5.74) is 6.63. The number of nitrogens with two attached hydrogens (primary N) is 1. The molecule has 0 fully saturated rings. The molecule has 0 saturated heterocycles. The Hall–Kier alpha value is -1.36. The predicted molar refractivity (Wildman–Crippen MR) is 62.8 cm³/mol. The third-order valence-electron chi connectivity index (χ3n) is 2.19. The van der Waals surface area contributed by atoms with Crippen LogP contribution in [0.5, 0.6) is 0 Å². The molecule has 0 aliphatic carbocycles. The van der Waals surface area contributed by atoms with E-state index in [9.17, 15) is 0 Å². The first kappa shape index (κ1) is 10.2. The summed E-state index contributed by atoms with van der Waals surface area (Å²) >= 11 is 1.59. The fourth-order valence-electron chi connectivity index (χ4n) is 1.35. The maximum absolute atomic E-state index is 5.86. The molecule has 0 amide bonds. The minimum atomic E-state index is 0.339. The Bertz CT molecular complexity index is 469. The van der Waals surface area contributed by atoms with E-state index in [4.69, 9.17) is 5.73 Å². The Morgan fingerprint density at radius 1 is 1.47 bits per heavy atom. The summed E-state index contributed by atoms with van der Waals surface area (Å²) in [5.74, 6) is 2.05. The fraction of sp³-hybridized carbons (Fsp3) is 0.400. The van der Waals surface area contributed by atoms with E-state index in [0.29, 0.717) is 5.92 Å². The summed E-state index contributed by atoms with van der Waals surface area (Å²) in [4.78, 5) is 5.49. The fourth-order valence-corrected chi connectivity index (χ4v) is 2.19. The largest absolute Gasteiger partial charge is 0.397 e. The van der Waals surface area contributed by atoms with Crippen LogP contribution >= 0.6 is 11.3 Å². The molecule has 5 heteroatoms. The zero-order chi connectivity index (χ0) is 11.0. The van der Waals surface area contributed by atoms with Crippen LogP contribution in [0.3, 0.4) is 0 Å². The van der Waals surface area contributed by atoms with Crippen LogP contribution in [0.1, 0.15) is 25.6 Å². The Balaban J connectivity index is 2.50. The molecule has 2 N–H and O–H groups in total. The van der Waals surface area contributed by atoms with Gasteiger partial charge in [-0.3, -0.25) is 0 Å². The van der Waals surface area contributed by atoms with Crippen molar-refractivity contribution in [3.8, 4) is 10.7 Å². The van der Waals surface area contributed by atoms with Crippen LogP contribution in [0, 0.1) is 0 Å². The van der Waals surface area contributed by atoms with Gasteiger partial charge in [-0.15, -0.1) is 11.3 Å². The lowest BCUT2D eigenvalue weighted by molar-refractivity contribution is 0.713. The molecule has 4 nitrogen and oxygen atoms in total. The predicted octanol–water partition coefficient (Wildman–Crippen LogP) is 2.25. The Labute approximate surface area is 92.8 Å². The average Bonchev–Trinajstić information content (AvgIpc) is 2.71. The molecule has 0 atom stereocenters. The van der Waals surface area contributed by atoms with Crippen molar-refractivity contribution in [1.29, 1.82) is 0 Å². The average molecular weight is 222 g/mol. The highest BCUT2D eigenvalue weighted by Crippen LogP contribution is 2.30. The highest BCUT2D eigenvalue weighted by Gasteiger charge is 2.14. The first-order valence-electron chi connectivity index (χ1n) is 4.84. The number of nitrogen functional groups attached to an aromatic ring is 1. The highest BCUT2D eigenvalue weighted by molar-refractivity contribution is 7.14. The third kappa shape index (κ3) is 1.74. The Morgan fingerprint density at radius 2 is 2.20 bits per heavy atom. The first-order valence-corrected chi connectivity index (χ1v) is 5.72. The molecule has 0 unspecified atom stereocenters. The van der Waals surface area contributed by atoms with Crippen molar-refractivity contribution in [3.63, 3.8) is 0 Å². The second-order valence-electron chi connectivity index (χ2n) is 3.78. The number of thiophene rings is 1. The monoisotopic (exact) mass is 222 g/mol. The van der Waals surface area contributed by atoms with Crippen LogP contribution in [0.2, 0.25) is 0 Å². The molecule has 2 aromatic heterocycles. The van der Waals surface area contributed by atoms with Crippen LogP contribution in [0.15, 0.2) is 11.4 Å². The van der Waals surface area contributed by atoms with Gasteiger partial charge in [-0.05, 0) is 11.4 Å². The summed E-state index contributed by atoms with van der Waals surface area (Å²) in [5, 5.41) is 6.33. The van der Waals surface area contributed by atoms with Crippen LogP contribution in [-0.4, -0.2) is 14.8 Å². The topological polar surface area (TPSA) is 56.7 Å². The maximum Gasteiger partial charge on any atom is 0.170 e. The van der Waals surface area contributed by atoms with E-state index in [1.165, 1.54) is 0 Å². The second-order valence-corrected chi connectivity index (χ2v) is 4.69. The molecule has 0 bridgehead atoms. The van der Waals surface area contributed by atoms with E-state index in [0.717, 1.165) is 22.2 Å². The molecule has 15 heavy (non-hydrogen) atoms. The lowest BCUT2D eigenvalue weighted by Crippen LogP contribution is -1.95. The number of aromatic nitrogens is 3. The molecule has 2 heterocycles. The Morgan fingerprint density at radius 3 is 2.67 bits per heavy atom. The van der Waals surface area contributed by atoms with Gasteiger partial charge in [0, 0.05) is 13.0 Å². The van der Waals surface area contributed by atoms with Crippen LogP contribution in [0.4, 0.5) is 5.69 Å². The van der Waals surface area contributed by atoms with Gasteiger partial charge < -0.3 is 5.73 Å². The summed E-state index contributed by atoms with van der Waals surface area (Å²) < 4.78 is 1.79. The SMILES string of the molecule is CC(C)c1nc(-c2sccc2N)n(C)n1. The van der Waals surface area contributed by atoms with Gasteiger partial charge in [0.05, 0.1) is 10.6 Å². The van der Waals surface area contributed by atoms with E-state index >= 15 is 0 Å². The van der Waals surface area contributed by atoms with Crippen molar-refractivity contribution in [2.45, 2.75) is 19.8 Å². The molecule has 0 radical (unpaired) electrons. The lowest BCUT2D eigenvalue weighted by atomic mass is 10.2. The van der Waals surface area contributed by atoms with E-state index in [1.807, 2.05) is 18.5 Å². The number of anilines is 1. The molecule has 0 aliphatic rings. The summed E-state index contributed by atoms with van der Waals surface area (Å²) in [6.07, 6.45) is 0. The molecule has 2 aromatic rings. The van der Waals surface area contributed by atoms with Crippen molar-refractivity contribution in [3.05, 3.63) is 17.3 Å². The zero-order valence-corrected chi connectivity index (χ0v) is 9.88. The van der Waals surface area contributed by atoms with Gasteiger partial charge in [0.25, 0.3) is 0 Å². The van der Waals surface area contributed by atoms with Gasteiger partial charge in [-0.1, -0.05) is 13.8 Å². The van der Waals surface area contributed by atoms with Crippen LogP contribution < -0.4 is 5.73 Å². The second kappa shape index (κ2) is 3.66.